The van der Waals surface area contributed by atoms with E-state index in [0.717, 1.165) is 19.3 Å². The number of nitrogens with zero attached hydrogens (tertiary/aromatic N) is 4. The molecule has 11 heteroatoms. The predicted molar refractivity (Wildman–Crippen MR) is 104 cm³/mol. The normalized spacial score (nSPS) is 19.4. The first kappa shape index (κ1) is 20.3. The summed E-state index contributed by atoms with van der Waals surface area (Å²) in [6, 6.07) is 1.70. The molecule has 0 radical (unpaired) electrons. The molecular weight excluding hydrogens is 401 g/mol. The van der Waals surface area contributed by atoms with E-state index < -0.39 is 12.7 Å². The van der Waals surface area contributed by atoms with Gasteiger partial charge in [-0.1, -0.05) is 0 Å². The largest absolute Gasteiger partial charge is 0.436 e. The Kier molecular flexibility index (Phi) is 5.46. The van der Waals surface area contributed by atoms with Crippen molar-refractivity contribution < 1.29 is 22.7 Å². The molecule has 1 fully saturated rings. The highest BCUT2D eigenvalue weighted by Gasteiger charge is 2.29. The fourth-order valence-electron chi connectivity index (χ4n) is 3.64. The van der Waals surface area contributed by atoms with Crippen molar-refractivity contribution >= 4 is 22.9 Å². The van der Waals surface area contributed by atoms with Gasteiger partial charge in [0.2, 0.25) is 11.8 Å². The number of aromatic nitrogens is 4. The number of anilines is 2. The molecule has 8 nitrogen and oxygen atoms in total. The third-order valence-corrected chi connectivity index (χ3v) is 5.08. The summed E-state index contributed by atoms with van der Waals surface area (Å²) in [5.74, 6) is 0.657. The van der Waals surface area contributed by atoms with Crippen LogP contribution in [0.2, 0.25) is 0 Å². The smallest absolute Gasteiger partial charge is 0.405 e. The van der Waals surface area contributed by atoms with E-state index in [1.165, 1.54) is 0 Å². The molecule has 0 bridgehead atoms. The van der Waals surface area contributed by atoms with E-state index in [9.17, 15) is 18.3 Å². The lowest BCUT2D eigenvalue weighted by Gasteiger charge is -2.18. The quantitative estimate of drug-likeness (QED) is 0.554. The molecule has 3 aromatic heterocycles. The summed E-state index contributed by atoms with van der Waals surface area (Å²) in [6.07, 6.45) is 1.17. The van der Waals surface area contributed by atoms with E-state index >= 15 is 0 Å². The van der Waals surface area contributed by atoms with Gasteiger partial charge in [-0.2, -0.15) is 18.2 Å². The summed E-state index contributed by atoms with van der Waals surface area (Å²) in [7, 11) is 0. The number of pyridine rings is 1. The molecule has 2 unspecified atom stereocenters. The Labute approximate surface area is 170 Å². The van der Waals surface area contributed by atoms with Crippen molar-refractivity contribution in [2.24, 2.45) is 5.92 Å². The first-order valence-corrected chi connectivity index (χ1v) is 9.60. The Balaban J connectivity index is 1.71. The number of rotatable bonds is 6. The van der Waals surface area contributed by atoms with Crippen molar-refractivity contribution in [3.8, 4) is 11.5 Å². The van der Waals surface area contributed by atoms with E-state index in [-0.39, 0.29) is 30.4 Å². The highest BCUT2D eigenvalue weighted by molar-refractivity contribution is 5.79. The van der Waals surface area contributed by atoms with Crippen LogP contribution in [0.25, 0.3) is 22.6 Å². The number of halogens is 3. The Hall–Kier alpha value is -2.95. The third-order valence-electron chi connectivity index (χ3n) is 5.08. The zero-order valence-corrected chi connectivity index (χ0v) is 16.2. The molecule has 0 amide bonds. The number of hydrogen-bond acceptors (Lipinski definition) is 8. The highest BCUT2D eigenvalue weighted by atomic mass is 19.4. The Morgan fingerprint density at radius 2 is 2.07 bits per heavy atom. The zero-order valence-electron chi connectivity index (χ0n) is 16.2. The van der Waals surface area contributed by atoms with Gasteiger partial charge in [-0.05, 0) is 32.1 Å². The van der Waals surface area contributed by atoms with Crippen LogP contribution < -0.4 is 10.6 Å². The van der Waals surface area contributed by atoms with Crippen LogP contribution in [-0.2, 0) is 0 Å². The maximum atomic E-state index is 12.6. The molecule has 2 atom stereocenters. The van der Waals surface area contributed by atoms with Gasteiger partial charge in [0.05, 0.1) is 11.9 Å². The molecule has 160 valence electrons. The van der Waals surface area contributed by atoms with Gasteiger partial charge in [-0.3, -0.25) is 4.98 Å². The second-order valence-electron chi connectivity index (χ2n) is 7.39. The van der Waals surface area contributed by atoms with E-state index in [4.69, 9.17) is 4.42 Å². The Morgan fingerprint density at radius 3 is 2.77 bits per heavy atom. The van der Waals surface area contributed by atoms with Crippen LogP contribution in [0.15, 0.2) is 22.9 Å². The number of fused-ring (bicyclic) bond motifs is 1. The van der Waals surface area contributed by atoms with E-state index in [1.54, 1.807) is 25.4 Å². The molecule has 30 heavy (non-hydrogen) atoms. The number of alkyl halides is 3. The van der Waals surface area contributed by atoms with Gasteiger partial charge in [0.25, 0.3) is 0 Å². The topological polar surface area (TPSA) is 109 Å². The molecule has 1 aliphatic carbocycles. The molecule has 1 aliphatic rings. The van der Waals surface area contributed by atoms with Crippen molar-refractivity contribution in [2.45, 2.75) is 38.4 Å². The first-order chi connectivity index (χ1) is 14.3. The van der Waals surface area contributed by atoms with E-state index in [0.29, 0.717) is 28.2 Å². The summed E-state index contributed by atoms with van der Waals surface area (Å²) in [5, 5.41) is 14.9. The van der Waals surface area contributed by atoms with Crippen LogP contribution in [0.4, 0.5) is 24.9 Å². The maximum absolute atomic E-state index is 12.6. The van der Waals surface area contributed by atoms with Crippen LogP contribution in [0.5, 0.6) is 0 Å². The molecular formula is C19H21F3N6O2. The Bertz CT molecular complexity index is 1010. The molecule has 3 heterocycles. The Morgan fingerprint density at radius 1 is 1.23 bits per heavy atom. The van der Waals surface area contributed by atoms with Crippen LogP contribution in [0.1, 0.15) is 25.0 Å². The van der Waals surface area contributed by atoms with Crippen LogP contribution in [0.3, 0.4) is 0 Å². The summed E-state index contributed by atoms with van der Waals surface area (Å²) in [4.78, 5) is 16.9. The van der Waals surface area contributed by atoms with Crippen LogP contribution in [0, 0.1) is 12.8 Å². The number of aliphatic hydroxyl groups excluding tert-OH is 1. The minimum absolute atomic E-state index is 0.0247. The monoisotopic (exact) mass is 422 g/mol. The van der Waals surface area contributed by atoms with Gasteiger partial charge >= 0.3 is 6.18 Å². The standard InChI is InChI=1S/C19H21F3N6O2/c1-10-15(17-27-13-7-23-5-4-14(13)30-17)16(26-12-3-2-11(6-12)8-29)28-18(25-10)24-9-19(20,21)22/h4-5,7,11-12,29H,2-3,6,8-9H2,1H3,(H2,24,25,26,28). The predicted octanol–water partition coefficient (Wildman–Crippen LogP) is 3.54. The molecule has 4 rings (SSSR count). The number of nitrogens with one attached hydrogen (secondary N) is 2. The van der Waals surface area contributed by atoms with Crippen molar-refractivity contribution in [3.05, 3.63) is 24.2 Å². The number of aliphatic hydroxyl groups is 1. The molecule has 0 spiro atoms. The van der Waals surface area contributed by atoms with E-state index in [2.05, 4.69) is 30.6 Å². The lowest BCUT2D eigenvalue weighted by Crippen LogP contribution is -2.24. The van der Waals surface area contributed by atoms with Crippen LogP contribution >= 0.6 is 0 Å². The second-order valence-corrected chi connectivity index (χ2v) is 7.39. The minimum Gasteiger partial charge on any atom is -0.436 e. The second kappa shape index (κ2) is 8.05. The maximum Gasteiger partial charge on any atom is 0.405 e. The fourth-order valence-corrected chi connectivity index (χ4v) is 3.64. The van der Waals surface area contributed by atoms with Crippen molar-refractivity contribution in [1.29, 1.82) is 0 Å². The number of hydrogen-bond donors (Lipinski definition) is 3. The average Bonchev–Trinajstić information content (AvgIpc) is 3.32. The molecule has 0 saturated heterocycles. The number of aryl methyl sites for hydroxylation is 1. The van der Waals surface area contributed by atoms with Gasteiger partial charge in [-0.15, -0.1) is 0 Å². The molecule has 0 aliphatic heterocycles. The van der Waals surface area contributed by atoms with Crippen LogP contribution in [-0.4, -0.2) is 50.4 Å². The molecule has 1 saturated carbocycles. The van der Waals surface area contributed by atoms with Crippen molar-refractivity contribution in [3.63, 3.8) is 0 Å². The summed E-state index contributed by atoms with van der Waals surface area (Å²) < 4.78 is 43.7. The minimum atomic E-state index is -4.39. The van der Waals surface area contributed by atoms with Gasteiger partial charge in [0.15, 0.2) is 5.58 Å². The lowest BCUT2D eigenvalue weighted by atomic mass is 10.1. The fraction of sp³-hybridized carbons (Fsp3) is 0.474. The zero-order chi connectivity index (χ0) is 21.3. The van der Waals surface area contributed by atoms with Crippen molar-refractivity contribution in [1.82, 2.24) is 19.9 Å². The summed E-state index contributed by atoms with van der Waals surface area (Å²) in [6.45, 7) is 0.527. The van der Waals surface area contributed by atoms with Crippen molar-refractivity contribution in [2.75, 3.05) is 23.8 Å². The molecule has 3 aromatic rings. The van der Waals surface area contributed by atoms with Gasteiger partial charge in [0, 0.05) is 24.9 Å². The third kappa shape index (κ3) is 4.45. The molecule has 0 aromatic carbocycles. The van der Waals surface area contributed by atoms with Gasteiger partial charge in [0.1, 0.15) is 23.4 Å². The van der Waals surface area contributed by atoms with E-state index in [1.807, 2.05) is 0 Å². The highest BCUT2D eigenvalue weighted by Crippen LogP contribution is 2.35. The first-order valence-electron chi connectivity index (χ1n) is 9.60. The van der Waals surface area contributed by atoms with Gasteiger partial charge < -0.3 is 20.2 Å². The average molecular weight is 422 g/mol. The lowest BCUT2D eigenvalue weighted by molar-refractivity contribution is -0.115. The summed E-state index contributed by atoms with van der Waals surface area (Å²) >= 11 is 0. The number of oxazole rings is 1. The van der Waals surface area contributed by atoms with Gasteiger partial charge in [-0.25, -0.2) is 9.97 Å². The molecule has 3 N–H and O–H groups in total. The SMILES string of the molecule is Cc1nc(NCC(F)(F)F)nc(NC2CCC(CO)C2)c1-c1nc2cnccc2o1. The summed E-state index contributed by atoms with van der Waals surface area (Å²) in [5.41, 5.74) is 1.99.